The van der Waals surface area contributed by atoms with E-state index in [2.05, 4.69) is 19.2 Å². The second-order valence-corrected chi connectivity index (χ2v) is 13.6. The lowest BCUT2D eigenvalue weighted by Crippen LogP contribution is -2.54. The van der Waals surface area contributed by atoms with Gasteiger partial charge in [0.2, 0.25) is 21.8 Å². The first-order valence-corrected chi connectivity index (χ1v) is 16.7. The van der Waals surface area contributed by atoms with Crippen molar-refractivity contribution in [3.05, 3.63) is 101 Å². The summed E-state index contributed by atoms with van der Waals surface area (Å²) >= 11 is 6.52. The molecule has 0 spiro atoms. The number of carbonyl (C=O) groups excluding carboxylic acids is 2. The highest BCUT2D eigenvalue weighted by molar-refractivity contribution is 7.92. The van der Waals surface area contributed by atoms with Crippen LogP contribution in [0.15, 0.2) is 78.9 Å². The summed E-state index contributed by atoms with van der Waals surface area (Å²) in [6.45, 7) is 3.72. The lowest BCUT2D eigenvalue weighted by atomic mass is 10.0. The van der Waals surface area contributed by atoms with Gasteiger partial charge in [-0.05, 0) is 53.6 Å². The highest BCUT2D eigenvalue weighted by atomic mass is 35.5. The van der Waals surface area contributed by atoms with Gasteiger partial charge in [0.25, 0.3) is 0 Å². The Kier molecular flexibility index (Phi) is 10.7. The fourth-order valence-electron chi connectivity index (χ4n) is 5.37. The van der Waals surface area contributed by atoms with Crippen molar-refractivity contribution < 1.29 is 18.0 Å². The van der Waals surface area contributed by atoms with Gasteiger partial charge in [-0.15, -0.1) is 0 Å². The van der Waals surface area contributed by atoms with E-state index in [9.17, 15) is 18.0 Å². The number of nitrogens with one attached hydrogen (secondary N) is 1. The third-order valence-electron chi connectivity index (χ3n) is 7.80. The molecule has 1 fully saturated rings. The molecule has 42 heavy (non-hydrogen) atoms. The molecular weight excluding hydrogens is 570 g/mol. The second kappa shape index (κ2) is 14.2. The minimum atomic E-state index is -3.82. The van der Waals surface area contributed by atoms with E-state index < -0.39 is 28.5 Å². The molecule has 0 aromatic heterocycles. The number of hydrogen-bond donors (Lipinski definition) is 1. The minimum Gasteiger partial charge on any atom is -0.352 e. The SMILES string of the molecule is CC(C)c1ccc(N(CC(=O)N(Cc2ccccc2Cl)C(Cc2ccccc2)C(=O)NC2CCCC2)S(C)(=O)=O)cc1. The van der Waals surface area contributed by atoms with Gasteiger partial charge in [-0.25, -0.2) is 8.42 Å². The maximum atomic E-state index is 14.2. The van der Waals surface area contributed by atoms with Crippen molar-refractivity contribution in [2.45, 2.75) is 70.5 Å². The number of benzene rings is 3. The Balaban J connectivity index is 1.72. The van der Waals surface area contributed by atoms with E-state index in [1.807, 2.05) is 54.6 Å². The molecule has 0 aliphatic heterocycles. The molecule has 0 heterocycles. The summed E-state index contributed by atoms with van der Waals surface area (Å²) in [4.78, 5) is 29.6. The number of halogens is 1. The zero-order valence-corrected chi connectivity index (χ0v) is 26.1. The molecule has 1 atom stereocenters. The third-order valence-corrected chi connectivity index (χ3v) is 9.31. The molecule has 7 nitrogen and oxygen atoms in total. The number of anilines is 1. The summed E-state index contributed by atoms with van der Waals surface area (Å²) in [6, 6.07) is 23.1. The molecule has 3 aromatic rings. The van der Waals surface area contributed by atoms with E-state index in [0.717, 1.165) is 47.4 Å². The van der Waals surface area contributed by atoms with Crippen LogP contribution in [0.5, 0.6) is 0 Å². The van der Waals surface area contributed by atoms with Gasteiger partial charge in [0.05, 0.1) is 11.9 Å². The zero-order chi connectivity index (χ0) is 30.3. The monoisotopic (exact) mass is 609 g/mol. The van der Waals surface area contributed by atoms with E-state index in [-0.39, 0.29) is 30.8 Å². The number of nitrogens with zero attached hydrogens (tertiary/aromatic N) is 2. The molecule has 4 rings (SSSR count). The Labute approximate surface area is 254 Å². The van der Waals surface area contributed by atoms with Gasteiger partial charge in [0, 0.05) is 24.0 Å². The van der Waals surface area contributed by atoms with Gasteiger partial charge in [-0.1, -0.05) is 99.0 Å². The predicted octanol–water partition coefficient (Wildman–Crippen LogP) is 5.93. The smallest absolute Gasteiger partial charge is 0.244 e. The summed E-state index contributed by atoms with van der Waals surface area (Å²) in [5, 5.41) is 3.64. The summed E-state index contributed by atoms with van der Waals surface area (Å²) in [7, 11) is -3.82. The maximum absolute atomic E-state index is 14.2. The molecule has 224 valence electrons. The fourth-order valence-corrected chi connectivity index (χ4v) is 6.42. The minimum absolute atomic E-state index is 0.0536. The molecule has 0 saturated heterocycles. The van der Waals surface area contributed by atoms with Crippen LogP contribution in [0.2, 0.25) is 5.02 Å². The van der Waals surface area contributed by atoms with Crippen molar-refractivity contribution in [3.8, 4) is 0 Å². The third kappa shape index (κ3) is 8.35. The van der Waals surface area contributed by atoms with Crippen LogP contribution in [-0.2, 0) is 32.6 Å². The quantitative estimate of drug-likeness (QED) is 0.276. The van der Waals surface area contributed by atoms with E-state index in [1.165, 1.54) is 4.90 Å². The number of sulfonamides is 1. The van der Waals surface area contributed by atoms with Gasteiger partial charge in [-0.2, -0.15) is 0 Å². The van der Waals surface area contributed by atoms with Crippen LogP contribution in [0.4, 0.5) is 5.69 Å². The summed E-state index contributed by atoms with van der Waals surface area (Å²) in [5.74, 6) is -0.468. The molecule has 0 radical (unpaired) electrons. The van der Waals surface area contributed by atoms with Crippen LogP contribution in [0.3, 0.4) is 0 Å². The number of hydrogen-bond acceptors (Lipinski definition) is 4. The molecular formula is C33H40ClN3O4S. The molecule has 1 unspecified atom stereocenters. The predicted molar refractivity (Wildman–Crippen MR) is 169 cm³/mol. The van der Waals surface area contributed by atoms with Crippen molar-refractivity contribution in [3.63, 3.8) is 0 Å². The van der Waals surface area contributed by atoms with Crippen molar-refractivity contribution >= 4 is 39.1 Å². The number of carbonyl (C=O) groups is 2. The van der Waals surface area contributed by atoms with Crippen LogP contribution in [0.1, 0.15) is 62.1 Å². The molecule has 1 N–H and O–H groups in total. The Bertz CT molecular complexity index is 1460. The van der Waals surface area contributed by atoms with Gasteiger partial charge in [0.15, 0.2) is 0 Å². The molecule has 0 bridgehead atoms. The average Bonchev–Trinajstić information content (AvgIpc) is 3.47. The molecule has 1 aliphatic rings. The highest BCUT2D eigenvalue weighted by Gasteiger charge is 2.34. The van der Waals surface area contributed by atoms with Crippen molar-refractivity contribution in [1.29, 1.82) is 0 Å². The molecule has 3 aromatic carbocycles. The Morgan fingerprint density at radius 2 is 1.55 bits per heavy atom. The van der Waals surface area contributed by atoms with Gasteiger partial charge < -0.3 is 10.2 Å². The lowest BCUT2D eigenvalue weighted by molar-refractivity contribution is -0.140. The van der Waals surface area contributed by atoms with E-state index in [4.69, 9.17) is 11.6 Å². The Hall–Kier alpha value is -3.36. The van der Waals surface area contributed by atoms with Crippen LogP contribution < -0.4 is 9.62 Å². The van der Waals surface area contributed by atoms with Crippen LogP contribution >= 0.6 is 11.6 Å². The zero-order valence-electron chi connectivity index (χ0n) is 24.5. The lowest BCUT2D eigenvalue weighted by Gasteiger charge is -2.34. The largest absolute Gasteiger partial charge is 0.352 e. The van der Waals surface area contributed by atoms with Crippen molar-refractivity contribution in [2.24, 2.45) is 0 Å². The van der Waals surface area contributed by atoms with Crippen LogP contribution in [-0.4, -0.2) is 50.0 Å². The topological polar surface area (TPSA) is 86.8 Å². The van der Waals surface area contributed by atoms with Crippen LogP contribution in [0.25, 0.3) is 0 Å². The van der Waals surface area contributed by atoms with Crippen molar-refractivity contribution in [2.75, 3.05) is 17.1 Å². The van der Waals surface area contributed by atoms with Gasteiger partial charge in [-0.3, -0.25) is 13.9 Å². The summed E-state index contributed by atoms with van der Waals surface area (Å²) in [6.07, 6.45) is 5.26. The molecule has 2 amide bonds. The highest BCUT2D eigenvalue weighted by Crippen LogP contribution is 2.25. The maximum Gasteiger partial charge on any atom is 0.244 e. The molecule has 1 aliphatic carbocycles. The second-order valence-electron chi connectivity index (χ2n) is 11.3. The standard InChI is InChI=1S/C33H40ClN3O4S/c1-24(2)26-17-19-29(20-18-26)37(42(3,40)41)23-32(38)36(22-27-13-7-10-16-30(27)34)31(21-25-11-5-4-6-12-25)33(39)35-28-14-8-9-15-28/h4-7,10-13,16-20,24,28,31H,8-9,14-15,21-23H2,1-3H3,(H,35,39). The average molecular weight is 610 g/mol. The van der Waals surface area contributed by atoms with Gasteiger partial charge >= 0.3 is 0 Å². The number of rotatable bonds is 12. The normalized spacial score (nSPS) is 14.5. The first-order chi connectivity index (χ1) is 20.0. The van der Waals surface area contributed by atoms with Gasteiger partial charge in [0.1, 0.15) is 12.6 Å². The number of amides is 2. The van der Waals surface area contributed by atoms with Crippen molar-refractivity contribution in [1.82, 2.24) is 10.2 Å². The Morgan fingerprint density at radius 1 is 0.929 bits per heavy atom. The first kappa shape index (κ1) is 31.6. The summed E-state index contributed by atoms with van der Waals surface area (Å²) < 4.78 is 27.1. The van der Waals surface area contributed by atoms with Crippen LogP contribution in [0, 0.1) is 0 Å². The van der Waals surface area contributed by atoms with E-state index in [1.54, 1.807) is 24.3 Å². The fraction of sp³-hybridized carbons (Fsp3) is 0.394. The van der Waals surface area contributed by atoms with E-state index >= 15 is 0 Å². The summed E-state index contributed by atoms with van der Waals surface area (Å²) in [5.41, 5.74) is 3.02. The van der Waals surface area contributed by atoms with E-state index in [0.29, 0.717) is 16.3 Å². The Morgan fingerprint density at radius 3 is 2.14 bits per heavy atom. The molecule has 9 heteroatoms. The molecule has 1 saturated carbocycles. The first-order valence-electron chi connectivity index (χ1n) is 14.5.